The van der Waals surface area contributed by atoms with Crippen LogP contribution in [0, 0.1) is 0 Å². The maximum absolute atomic E-state index is 5.51. The number of halogens is 2. The molecule has 0 aliphatic rings. The van der Waals surface area contributed by atoms with Crippen molar-refractivity contribution in [1.82, 2.24) is 0 Å². The van der Waals surface area contributed by atoms with E-state index in [4.69, 9.17) is 4.74 Å². The first kappa shape index (κ1) is 21.8. The van der Waals surface area contributed by atoms with E-state index in [9.17, 15) is 0 Å². The van der Waals surface area contributed by atoms with E-state index < -0.39 is 0 Å². The summed E-state index contributed by atoms with van der Waals surface area (Å²) in [6.07, 6.45) is 11.8. The van der Waals surface area contributed by atoms with Crippen molar-refractivity contribution in [2.24, 2.45) is 7.05 Å². The molecular weight excluding hydrogens is 331 g/mol. The van der Waals surface area contributed by atoms with Crippen LogP contribution in [0.1, 0.15) is 24.5 Å². The van der Waals surface area contributed by atoms with Crippen LogP contribution in [0.25, 0.3) is 0 Å². The number of nitrogens with zero attached hydrogens (tertiary/aromatic N) is 2. The van der Waals surface area contributed by atoms with Crippen LogP contribution in [0.2, 0.25) is 0 Å². The summed E-state index contributed by atoms with van der Waals surface area (Å²) in [5.74, 6) is 0. The maximum atomic E-state index is 5.51. The van der Waals surface area contributed by atoms with E-state index in [2.05, 4.69) is 65.1 Å². The fourth-order valence-corrected chi connectivity index (χ4v) is 2.21. The van der Waals surface area contributed by atoms with Crippen molar-refractivity contribution in [3.05, 3.63) is 60.2 Å². The Labute approximate surface area is 152 Å². The maximum Gasteiger partial charge on any atom is 0.171 e. The van der Waals surface area contributed by atoms with Gasteiger partial charge in [0.2, 0.25) is 0 Å². The Hall–Kier alpha value is -1.16. The largest absolute Gasteiger partial charge is 1.00 e. The third-order valence-corrected chi connectivity index (χ3v) is 3.55. The number of aromatic nitrogens is 2. The molecule has 0 aromatic carbocycles. The number of pyridine rings is 2. The Morgan fingerprint density at radius 2 is 1.35 bits per heavy atom. The molecule has 2 rings (SSSR count). The lowest BCUT2D eigenvalue weighted by Crippen LogP contribution is -3.00. The summed E-state index contributed by atoms with van der Waals surface area (Å²) in [6, 6.07) is 8.80. The summed E-state index contributed by atoms with van der Waals surface area (Å²) in [5, 5.41) is 0. The molecule has 0 aliphatic carbocycles. The number of rotatable bonds is 8. The number of hydrogen-bond donors (Lipinski definition) is 0. The van der Waals surface area contributed by atoms with E-state index >= 15 is 0 Å². The summed E-state index contributed by atoms with van der Waals surface area (Å²) >= 11 is 0. The standard InChI is InChI=1S/C18H26N2O.2ClH/c1-3-15-21-16-14-20-12-8-18(9-13-20)5-4-17-6-10-19(2)11-7-17;;/h6-13H,3-5,14-16H2,1-2H3;2*1H/q+2;;/p-2. The first-order valence-electron chi connectivity index (χ1n) is 7.78. The van der Waals surface area contributed by atoms with Gasteiger partial charge in [-0.1, -0.05) is 6.92 Å². The Morgan fingerprint density at radius 3 is 1.87 bits per heavy atom. The fraction of sp³-hybridized carbons (Fsp3) is 0.444. The molecule has 23 heavy (non-hydrogen) atoms. The molecule has 5 heteroatoms. The van der Waals surface area contributed by atoms with Crippen molar-refractivity contribution in [1.29, 1.82) is 0 Å². The smallest absolute Gasteiger partial charge is 0.171 e. The molecule has 0 saturated carbocycles. The van der Waals surface area contributed by atoms with Crippen LogP contribution in [0.15, 0.2) is 49.1 Å². The minimum atomic E-state index is 0. The SMILES string of the molecule is CCCOCC[n+]1ccc(CCc2cc[n+](C)cc2)cc1.[Cl-].[Cl-]. The lowest BCUT2D eigenvalue weighted by atomic mass is 10.1. The second-order valence-corrected chi connectivity index (χ2v) is 5.43. The molecule has 0 spiro atoms. The predicted octanol–water partition coefficient (Wildman–Crippen LogP) is -3.98. The molecule has 0 radical (unpaired) electrons. The van der Waals surface area contributed by atoms with Crippen molar-refractivity contribution in [2.45, 2.75) is 32.7 Å². The third-order valence-electron chi connectivity index (χ3n) is 3.55. The molecule has 0 fully saturated rings. The van der Waals surface area contributed by atoms with Crippen LogP contribution in [-0.2, 0) is 31.2 Å². The summed E-state index contributed by atoms with van der Waals surface area (Å²) in [6.45, 7) is 4.70. The summed E-state index contributed by atoms with van der Waals surface area (Å²) in [5.41, 5.74) is 2.77. The molecule has 3 nitrogen and oxygen atoms in total. The van der Waals surface area contributed by atoms with Crippen molar-refractivity contribution in [3.8, 4) is 0 Å². The van der Waals surface area contributed by atoms with Gasteiger partial charge in [-0.2, -0.15) is 0 Å². The predicted molar refractivity (Wildman–Crippen MR) is 82.8 cm³/mol. The van der Waals surface area contributed by atoms with Crippen LogP contribution in [0.4, 0.5) is 0 Å². The molecule has 0 atom stereocenters. The van der Waals surface area contributed by atoms with Crippen molar-refractivity contribution >= 4 is 0 Å². The zero-order valence-corrected chi connectivity index (χ0v) is 15.4. The first-order valence-corrected chi connectivity index (χ1v) is 7.78. The van der Waals surface area contributed by atoms with E-state index in [1.807, 2.05) is 7.05 Å². The lowest BCUT2D eigenvalue weighted by Gasteiger charge is -2.02. The van der Waals surface area contributed by atoms with Gasteiger partial charge in [0.15, 0.2) is 31.3 Å². The minimum Gasteiger partial charge on any atom is -1.00 e. The minimum absolute atomic E-state index is 0. The van der Waals surface area contributed by atoms with Gasteiger partial charge in [0.1, 0.15) is 13.7 Å². The molecule has 0 bridgehead atoms. The highest BCUT2D eigenvalue weighted by Crippen LogP contribution is 2.04. The number of hydrogen-bond acceptors (Lipinski definition) is 1. The zero-order valence-electron chi connectivity index (χ0n) is 13.9. The second kappa shape index (κ2) is 12.3. The van der Waals surface area contributed by atoms with Gasteiger partial charge in [-0.25, -0.2) is 9.13 Å². The molecule has 0 amide bonds. The highest BCUT2D eigenvalue weighted by molar-refractivity contribution is 5.13. The molecule has 0 saturated heterocycles. The van der Waals surface area contributed by atoms with Crippen LogP contribution < -0.4 is 33.9 Å². The van der Waals surface area contributed by atoms with Crippen LogP contribution >= 0.6 is 0 Å². The Balaban J connectivity index is 0.00000242. The van der Waals surface area contributed by atoms with E-state index in [0.29, 0.717) is 0 Å². The third kappa shape index (κ3) is 8.31. The van der Waals surface area contributed by atoms with E-state index in [-0.39, 0.29) is 24.8 Å². The van der Waals surface area contributed by atoms with Gasteiger partial charge >= 0.3 is 0 Å². The van der Waals surface area contributed by atoms with E-state index in [1.54, 1.807) is 0 Å². The number of ether oxygens (including phenoxy) is 1. The van der Waals surface area contributed by atoms with Crippen molar-refractivity contribution in [2.75, 3.05) is 13.2 Å². The molecule has 2 aromatic heterocycles. The van der Waals surface area contributed by atoms with Gasteiger partial charge in [-0.05, 0) is 30.4 Å². The van der Waals surface area contributed by atoms with Gasteiger partial charge in [0.25, 0.3) is 0 Å². The molecule has 128 valence electrons. The van der Waals surface area contributed by atoms with E-state index in [0.717, 1.165) is 39.0 Å². The Bertz CT molecular complexity index is 530. The van der Waals surface area contributed by atoms with Gasteiger partial charge in [-0.15, -0.1) is 0 Å². The Kier molecular flexibility index (Phi) is 11.7. The van der Waals surface area contributed by atoms with Gasteiger partial charge < -0.3 is 29.6 Å². The molecule has 0 N–H and O–H groups in total. The van der Waals surface area contributed by atoms with Gasteiger partial charge in [-0.3, -0.25) is 0 Å². The average molecular weight is 357 g/mol. The highest BCUT2D eigenvalue weighted by Gasteiger charge is 2.02. The summed E-state index contributed by atoms with van der Waals surface area (Å²) in [4.78, 5) is 0. The monoisotopic (exact) mass is 356 g/mol. The quantitative estimate of drug-likeness (QED) is 0.348. The van der Waals surface area contributed by atoms with E-state index in [1.165, 1.54) is 11.1 Å². The first-order chi connectivity index (χ1) is 10.3. The molecule has 2 aromatic rings. The summed E-state index contributed by atoms with van der Waals surface area (Å²) < 4.78 is 9.76. The molecule has 0 unspecified atom stereocenters. The lowest BCUT2D eigenvalue weighted by molar-refractivity contribution is -0.698. The number of aryl methyl sites for hydroxylation is 3. The van der Waals surface area contributed by atoms with Crippen molar-refractivity contribution < 1.29 is 38.7 Å². The highest BCUT2D eigenvalue weighted by atomic mass is 35.5. The summed E-state index contributed by atoms with van der Waals surface area (Å²) in [7, 11) is 2.05. The topological polar surface area (TPSA) is 17.0 Å². The average Bonchev–Trinajstić information content (AvgIpc) is 2.52. The Morgan fingerprint density at radius 1 is 0.826 bits per heavy atom. The van der Waals surface area contributed by atoms with Gasteiger partial charge in [0, 0.05) is 30.9 Å². The normalized spacial score (nSPS) is 9.83. The van der Waals surface area contributed by atoms with Crippen LogP contribution in [0.3, 0.4) is 0 Å². The van der Waals surface area contributed by atoms with Crippen molar-refractivity contribution in [3.63, 3.8) is 0 Å². The fourth-order valence-electron chi connectivity index (χ4n) is 2.21. The zero-order chi connectivity index (χ0) is 14.9. The molecular formula is C18H26Cl2N2O. The van der Waals surface area contributed by atoms with Crippen LogP contribution in [0.5, 0.6) is 0 Å². The molecule has 2 heterocycles. The van der Waals surface area contributed by atoms with Gasteiger partial charge in [0.05, 0.1) is 0 Å². The molecule has 0 aliphatic heterocycles. The van der Waals surface area contributed by atoms with Crippen LogP contribution in [-0.4, -0.2) is 13.2 Å². The second-order valence-electron chi connectivity index (χ2n) is 5.43.